The smallest absolute Gasteiger partial charge is 0.493 e. The zero-order valence-corrected chi connectivity index (χ0v) is 16.2. The van der Waals surface area contributed by atoms with E-state index in [4.69, 9.17) is 14.2 Å². The lowest BCUT2D eigenvalue weighted by Gasteiger charge is -2.18. The van der Waals surface area contributed by atoms with Crippen molar-refractivity contribution in [1.82, 2.24) is 0 Å². The second-order valence-corrected chi connectivity index (χ2v) is 5.84. The molecular weight excluding hydrogens is 393 g/mol. The maximum atomic E-state index is 12.4. The summed E-state index contributed by atoms with van der Waals surface area (Å²) >= 11 is 0. The number of carbonyl (C=O) groups is 1. The molecule has 1 atom stereocenters. The molecule has 0 bridgehead atoms. The van der Waals surface area contributed by atoms with Crippen LogP contribution < -0.4 is 29.6 Å². The van der Waals surface area contributed by atoms with Crippen LogP contribution in [0.4, 0.5) is 24.5 Å². The molecule has 0 saturated heterocycles. The van der Waals surface area contributed by atoms with Crippen molar-refractivity contribution >= 4 is 17.3 Å². The summed E-state index contributed by atoms with van der Waals surface area (Å²) in [6, 6.07) is 7.46. The Morgan fingerprint density at radius 3 is 1.93 bits per heavy atom. The van der Waals surface area contributed by atoms with Gasteiger partial charge in [0.2, 0.25) is 11.7 Å². The van der Waals surface area contributed by atoms with Gasteiger partial charge in [0, 0.05) is 23.5 Å². The summed E-state index contributed by atoms with van der Waals surface area (Å²) < 4.78 is 56.2. The second-order valence-electron chi connectivity index (χ2n) is 5.84. The molecule has 0 heterocycles. The van der Waals surface area contributed by atoms with E-state index < -0.39 is 18.3 Å². The first-order valence-corrected chi connectivity index (χ1v) is 8.40. The number of carbonyl (C=O) groups excluding carboxylic acids is 1. The fraction of sp³-hybridized carbons (Fsp3) is 0.316. The molecule has 2 rings (SSSR count). The van der Waals surface area contributed by atoms with E-state index in [0.29, 0.717) is 28.6 Å². The highest BCUT2D eigenvalue weighted by Crippen LogP contribution is 2.40. The predicted octanol–water partition coefficient (Wildman–Crippen LogP) is 4.05. The Morgan fingerprint density at radius 1 is 0.931 bits per heavy atom. The van der Waals surface area contributed by atoms with Crippen LogP contribution in [0, 0.1) is 0 Å². The number of benzene rings is 2. The standard InChI is InChI=1S/C19H21F3N2O5/c1-11(23-13-9-15(26-2)17(28-4)16(10-13)27-3)18(25)24-12-5-7-14(8-6-12)29-19(20,21)22/h5-11,23H,1-4H3,(H,24,25). The molecule has 1 amide bonds. The van der Waals surface area contributed by atoms with Crippen molar-refractivity contribution in [3.05, 3.63) is 36.4 Å². The molecule has 0 saturated carbocycles. The van der Waals surface area contributed by atoms with Gasteiger partial charge in [-0.25, -0.2) is 0 Å². The summed E-state index contributed by atoms with van der Waals surface area (Å²) in [5.41, 5.74) is 0.874. The number of nitrogens with one attached hydrogen (secondary N) is 2. The van der Waals surface area contributed by atoms with E-state index in [0.717, 1.165) is 12.1 Å². The molecule has 0 aliphatic rings. The van der Waals surface area contributed by atoms with Crippen LogP contribution in [0.1, 0.15) is 6.92 Å². The van der Waals surface area contributed by atoms with Crippen molar-refractivity contribution in [2.45, 2.75) is 19.3 Å². The molecule has 2 N–H and O–H groups in total. The molecule has 0 aromatic heterocycles. The number of anilines is 2. The van der Waals surface area contributed by atoms with Gasteiger partial charge in [-0.3, -0.25) is 4.79 Å². The van der Waals surface area contributed by atoms with Crippen molar-refractivity contribution in [1.29, 1.82) is 0 Å². The lowest BCUT2D eigenvalue weighted by Crippen LogP contribution is -2.31. The number of hydrogen-bond donors (Lipinski definition) is 2. The number of hydrogen-bond acceptors (Lipinski definition) is 6. The highest BCUT2D eigenvalue weighted by molar-refractivity contribution is 5.96. The predicted molar refractivity (Wildman–Crippen MR) is 101 cm³/mol. The summed E-state index contributed by atoms with van der Waals surface area (Å²) in [6.07, 6.45) is -4.77. The molecule has 29 heavy (non-hydrogen) atoms. The zero-order valence-electron chi connectivity index (χ0n) is 16.2. The molecule has 0 spiro atoms. The van der Waals surface area contributed by atoms with E-state index in [1.54, 1.807) is 19.1 Å². The number of methoxy groups -OCH3 is 3. The van der Waals surface area contributed by atoms with Gasteiger partial charge in [-0.2, -0.15) is 0 Å². The molecule has 0 radical (unpaired) electrons. The first kappa shape index (κ1) is 22.0. The number of amides is 1. The van der Waals surface area contributed by atoms with Crippen molar-refractivity contribution in [2.24, 2.45) is 0 Å². The Bertz CT molecular complexity index is 816. The van der Waals surface area contributed by atoms with Gasteiger partial charge in [-0.1, -0.05) is 0 Å². The molecular formula is C19H21F3N2O5. The van der Waals surface area contributed by atoms with Gasteiger partial charge in [-0.05, 0) is 31.2 Å². The molecule has 0 aliphatic carbocycles. The Hall–Kier alpha value is -3.30. The first-order valence-electron chi connectivity index (χ1n) is 8.40. The number of rotatable bonds is 8. The summed E-state index contributed by atoms with van der Waals surface area (Å²) in [4.78, 5) is 12.4. The largest absolute Gasteiger partial charge is 0.573 e. The third kappa shape index (κ3) is 6.09. The highest BCUT2D eigenvalue weighted by atomic mass is 19.4. The van der Waals surface area contributed by atoms with E-state index in [1.165, 1.54) is 33.5 Å². The average molecular weight is 414 g/mol. The summed E-state index contributed by atoms with van der Waals surface area (Å²) in [7, 11) is 4.43. The van der Waals surface area contributed by atoms with Crippen molar-refractivity contribution in [3.8, 4) is 23.0 Å². The van der Waals surface area contributed by atoms with E-state index in [-0.39, 0.29) is 5.75 Å². The average Bonchev–Trinajstić information content (AvgIpc) is 2.67. The molecule has 158 valence electrons. The minimum absolute atomic E-state index is 0.322. The van der Waals surface area contributed by atoms with E-state index in [9.17, 15) is 18.0 Å². The molecule has 0 fully saturated rings. The van der Waals surface area contributed by atoms with Crippen LogP contribution in [0.5, 0.6) is 23.0 Å². The third-order valence-corrected chi connectivity index (χ3v) is 3.80. The van der Waals surface area contributed by atoms with Gasteiger partial charge in [0.1, 0.15) is 11.8 Å². The van der Waals surface area contributed by atoms with Gasteiger partial charge >= 0.3 is 6.36 Å². The van der Waals surface area contributed by atoms with Crippen LogP contribution in [0.2, 0.25) is 0 Å². The molecule has 2 aromatic carbocycles. The maximum absolute atomic E-state index is 12.4. The Labute approximate surface area is 165 Å². The molecule has 2 aromatic rings. The Balaban J connectivity index is 2.05. The monoisotopic (exact) mass is 414 g/mol. The fourth-order valence-corrected chi connectivity index (χ4v) is 2.47. The Morgan fingerprint density at radius 2 is 1.48 bits per heavy atom. The van der Waals surface area contributed by atoms with Gasteiger partial charge in [0.05, 0.1) is 21.3 Å². The van der Waals surface area contributed by atoms with E-state index in [1.807, 2.05) is 0 Å². The number of halogens is 3. The molecule has 7 nitrogen and oxygen atoms in total. The second kappa shape index (κ2) is 9.26. The van der Waals surface area contributed by atoms with Crippen LogP contribution in [0.25, 0.3) is 0 Å². The number of ether oxygens (including phenoxy) is 4. The summed E-state index contributed by atoms with van der Waals surface area (Å²) in [6.45, 7) is 1.62. The lowest BCUT2D eigenvalue weighted by atomic mass is 10.2. The number of alkyl halides is 3. The topological polar surface area (TPSA) is 78.1 Å². The van der Waals surface area contributed by atoms with Crippen LogP contribution in [0.15, 0.2) is 36.4 Å². The zero-order chi connectivity index (χ0) is 21.6. The van der Waals surface area contributed by atoms with Gasteiger partial charge in [0.15, 0.2) is 11.5 Å². The summed E-state index contributed by atoms with van der Waals surface area (Å²) in [5, 5.41) is 5.61. The van der Waals surface area contributed by atoms with Gasteiger partial charge in [0.25, 0.3) is 0 Å². The minimum atomic E-state index is -4.77. The Kier molecular flexibility index (Phi) is 7.03. The van der Waals surface area contributed by atoms with Crippen molar-refractivity contribution < 1.29 is 36.9 Å². The molecule has 0 aliphatic heterocycles. The summed E-state index contributed by atoms with van der Waals surface area (Å²) in [5.74, 6) is 0.477. The highest BCUT2D eigenvalue weighted by Gasteiger charge is 2.31. The first-order chi connectivity index (χ1) is 13.7. The molecule has 1 unspecified atom stereocenters. The van der Waals surface area contributed by atoms with Crippen molar-refractivity contribution in [2.75, 3.05) is 32.0 Å². The van der Waals surface area contributed by atoms with Crippen LogP contribution >= 0.6 is 0 Å². The normalized spacial score (nSPS) is 12.0. The van der Waals surface area contributed by atoms with Gasteiger partial charge < -0.3 is 29.6 Å². The lowest BCUT2D eigenvalue weighted by molar-refractivity contribution is -0.274. The van der Waals surface area contributed by atoms with Gasteiger partial charge in [-0.15, -0.1) is 13.2 Å². The fourth-order valence-electron chi connectivity index (χ4n) is 2.47. The van der Waals surface area contributed by atoms with Crippen molar-refractivity contribution in [3.63, 3.8) is 0 Å². The third-order valence-electron chi connectivity index (χ3n) is 3.80. The quantitative estimate of drug-likeness (QED) is 0.679. The van der Waals surface area contributed by atoms with Crippen LogP contribution in [0.3, 0.4) is 0 Å². The minimum Gasteiger partial charge on any atom is -0.493 e. The maximum Gasteiger partial charge on any atom is 0.573 e. The molecule has 10 heteroatoms. The van der Waals surface area contributed by atoms with E-state index in [2.05, 4.69) is 15.4 Å². The van der Waals surface area contributed by atoms with Crippen LogP contribution in [-0.4, -0.2) is 39.6 Å². The SMILES string of the molecule is COc1cc(NC(C)C(=O)Nc2ccc(OC(F)(F)F)cc2)cc(OC)c1OC. The van der Waals surface area contributed by atoms with E-state index >= 15 is 0 Å². The van der Waals surface area contributed by atoms with Crippen LogP contribution in [-0.2, 0) is 4.79 Å².